The number of aromatic nitrogens is 1. The van der Waals surface area contributed by atoms with Crippen molar-refractivity contribution in [2.24, 2.45) is 0 Å². The second-order valence-electron chi connectivity index (χ2n) is 2.49. The summed E-state index contributed by atoms with van der Waals surface area (Å²) in [7, 11) is 0. The fourth-order valence-corrected chi connectivity index (χ4v) is 2.29. The van der Waals surface area contributed by atoms with Gasteiger partial charge in [0.1, 0.15) is 5.69 Å². The summed E-state index contributed by atoms with van der Waals surface area (Å²) in [6.45, 7) is 3.59. The Balaban J connectivity index is 3.10. The highest BCUT2D eigenvalue weighted by Crippen LogP contribution is 2.24. The van der Waals surface area contributed by atoms with Crippen LogP contribution in [0.25, 0.3) is 0 Å². The Morgan fingerprint density at radius 1 is 1.69 bits per heavy atom. The molecule has 4 heteroatoms. The van der Waals surface area contributed by atoms with Crippen LogP contribution in [0, 0.1) is 0 Å². The average molecular weight is 260 g/mol. The maximum atomic E-state index is 11.2. The SMILES string of the molecule is CCSc1cc(Br)cnc1C(C)=O. The number of thioether (sulfide) groups is 1. The van der Waals surface area contributed by atoms with Crippen molar-refractivity contribution in [1.82, 2.24) is 4.98 Å². The Bertz CT molecular complexity index is 327. The van der Waals surface area contributed by atoms with E-state index in [9.17, 15) is 4.79 Å². The van der Waals surface area contributed by atoms with Gasteiger partial charge in [-0.1, -0.05) is 6.92 Å². The first kappa shape index (κ1) is 10.7. The van der Waals surface area contributed by atoms with Gasteiger partial charge in [-0.25, -0.2) is 0 Å². The number of halogens is 1. The highest BCUT2D eigenvalue weighted by molar-refractivity contribution is 9.10. The Labute approximate surface area is 90.3 Å². The van der Waals surface area contributed by atoms with Gasteiger partial charge >= 0.3 is 0 Å². The topological polar surface area (TPSA) is 30.0 Å². The van der Waals surface area contributed by atoms with Crippen LogP contribution in [-0.2, 0) is 0 Å². The van der Waals surface area contributed by atoms with Crippen molar-refractivity contribution >= 4 is 33.5 Å². The number of pyridine rings is 1. The summed E-state index contributed by atoms with van der Waals surface area (Å²) >= 11 is 4.96. The molecule has 1 aromatic heterocycles. The molecule has 1 heterocycles. The molecule has 0 saturated carbocycles. The maximum Gasteiger partial charge on any atom is 0.179 e. The lowest BCUT2D eigenvalue weighted by molar-refractivity contribution is 0.101. The molecule has 0 radical (unpaired) electrons. The molecule has 1 rings (SSSR count). The molecule has 0 bridgehead atoms. The van der Waals surface area contributed by atoms with Crippen LogP contribution in [0.2, 0.25) is 0 Å². The van der Waals surface area contributed by atoms with E-state index in [1.54, 1.807) is 18.0 Å². The molecule has 0 unspecified atom stereocenters. The van der Waals surface area contributed by atoms with Crippen molar-refractivity contribution in [3.8, 4) is 0 Å². The number of ketones is 1. The van der Waals surface area contributed by atoms with E-state index in [0.717, 1.165) is 15.1 Å². The predicted octanol–water partition coefficient (Wildman–Crippen LogP) is 3.16. The van der Waals surface area contributed by atoms with Crippen LogP contribution in [-0.4, -0.2) is 16.5 Å². The maximum absolute atomic E-state index is 11.2. The Morgan fingerprint density at radius 3 is 2.92 bits per heavy atom. The first-order valence-electron chi connectivity index (χ1n) is 3.94. The first-order chi connectivity index (χ1) is 6.15. The summed E-state index contributed by atoms with van der Waals surface area (Å²) in [5, 5.41) is 0. The Hall–Kier alpha value is -0.350. The van der Waals surface area contributed by atoms with Gasteiger partial charge in [0.2, 0.25) is 0 Å². The molecule has 0 atom stereocenters. The zero-order chi connectivity index (χ0) is 9.84. The van der Waals surface area contributed by atoms with Crippen molar-refractivity contribution in [2.45, 2.75) is 18.7 Å². The molecule has 0 aliphatic heterocycles. The zero-order valence-electron chi connectivity index (χ0n) is 7.50. The van der Waals surface area contributed by atoms with Crippen molar-refractivity contribution in [2.75, 3.05) is 5.75 Å². The monoisotopic (exact) mass is 259 g/mol. The smallest absolute Gasteiger partial charge is 0.179 e. The van der Waals surface area contributed by atoms with Crippen LogP contribution in [0.4, 0.5) is 0 Å². The van der Waals surface area contributed by atoms with Gasteiger partial charge in [-0.3, -0.25) is 9.78 Å². The summed E-state index contributed by atoms with van der Waals surface area (Å²) in [6, 6.07) is 1.93. The van der Waals surface area contributed by atoms with Gasteiger partial charge in [0.25, 0.3) is 0 Å². The van der Waals surface area contributed by atoms with E-state index in [1.165, 1.54) is 6.92 Å². The number of hydrogen-bond donors (Lipinski definition) is 0. The normalized spacial score (nSPS) is 10.1. The standard InChI is InChI=1S/C9H10BrNOS/c1-3-13-8-4-7(10)5-11-9(8)6(2)12/h4-5H,3H2,1-2H3. The number of hydrogen-bond acceptors (Lipinski definition) is 3. The van der Waals surface area contributed by atoms with Gasteiger partial charge < -0.3 is 0 Å². The lowest BCUT2D eigenvalue weighted by atomic mass is 10.3. The highest BCUT2D eigenvalue weighted by atomic mass is 79.9. The lowest BCUT2D eigenvalue weighted by Gasteiger charge is -2.03. The van der Waals surface area contributed by atoms with Gasteiger partial charge in [-0.2, -0.15) is 0 Å². The molecule has 70 valence electrons. The molecule has 13 heavy (non-hydrogen) atoms. The Kier molecular flexibility index (Phi) is 3.93. The molecule has 0 N–H and O–H groups in total. The van der Waals surface area contributed by atoms with E-state index in [4.69, 9.17) is 0 Å². The molecule has 0 aliphatic rings. The number of nitrogens with zero attached hydrogens (tertiary/aromatic N) is 1. The summed E-state index contributed by atoms with van der Waals surface area (Å²) in [5.74, 6) is 0.960. The molecule has 0 aromatic carbocycles. The molecular formula is C9H10BrNOS. The van der Waals surface area contributed by atoms with Gasteiger partial charge in [0.15, 0.2) is 5.78 Å². The van der Waals surface area contributed by atoms with Crippen LogP contribution in [0.3, 0.4) is 0 Å². The molecule has 0 fully saturated rings. The van der Waals surface area contributed by atoms with Crippen LogP contribution >= 0.6 is 27.7 Å². The molecule has 1 aromatic rings. The molecule has 0 amide bonds. The minimum Gasteiger partial charge on any atom is -0.293 e. The molecule has 0 spiro atoms. The van der Waals surface area contributed by atoms with Crippen molar-refractivity contribution in [3.05, 3.63) is 22.4 Å². The minimum absolute atomic E-state index is 0.0171. The highest BCUT2D eigenvalue weighted by Gasteiger charge is 2.08. The molecule has 0 aliphatic carbocycles. The number of rotatable bonds is 3. The Morgan fingerprint density at radius 2 is 2.38 bits per heavy atom. The van der Waals surface area contributed by atoms with Crippen LogP contribution in [0.15, 0.2) is 21.6 Å². The van der Waals surface area contributed by atoms with Gasteiger partial charge in [-0.15, -0.1) is 11.8 Å². The minimum atomic E-state index is 0.0171. The van der Waals surface area contributed by atoms with Gasteiger partial charge in [0.05, 0.1) is 0 Å². The van der Waals surface area contributed by atoms with E-state index in [0.29, 0.717) is 5.69 Å². The number of carbonyl (C=O) groups excluding carboxylic acids is 1. The van der Waals surface area contributed by atoms with Gasteiger partial charge in [-0.05, 0) is 27.7 Å². The van der Waals surface area contributed by atoms with Gasteiger partial charge in [0, 0.05) is 22.5 Å². The molecule has 2 nitrogen and oxygen atoms in total. The average Bonchev–Trinajstić information content (AvgIpc) is 2.04. The van der Waals surface area contributed by atoms with Crippen molar-refractivity contribution < 1.29 is 4.79 Å². The third-order valence-electron chi connectivity index (χ3n) is 1.45. The summed E-state index contributed by atoms with van der Waals surface area (Å²) < 4.78 is 0.911. The van der Waals surface area contributed by atoms with E-state index in [-0.39, 0.29) is 5.78 Å². The van der Waals surface area contributed by atoms with Crippen LogP contribution < -0.4 is 0 Å². The first-order valence-corrected chi connectivity index (χ1v) is 5.72. The summed E-state index contributed by atoms with van der Waals surface area (Å²) in [6.07, 6.45) is 1.65. The lowest BCUT2D eigenvalue weighted by Crippen LogP contribution is -1.99. The van der Waals surface area contributed by atoms with E-state index >= 15 is 0 Å². The zero-order valence-corrected chi connectivity index (χ0v) is 9.91. The quantitative estimate of drug-likeness (QED) is 0.617. The van der Waals surface area contributed by atoms with Crippen molar-refractivity contribution in [3.63, 3.8) is 0 Å². The fraction of sp³-hybridized carbons (Fsp3) is 0.333. The van der Waals surface area contributed by atoms with E-state index in [1.807, 2.05) is 6.07 Å². The van der Waals surface area contributed by atoms with E-state index in [2.05, 4.69) is 27.8 Å². The number of Topliss-reactive ketones (excluding diaryl/α,β-unsaturated/α-hetero) is 1. The second kappa shape index (κ2) is 4.77. The third kappa shape index (κ3) is 2.81. The van der Waals surface area contributed by atoms with E-state index < -0.39 is 0 Å². The second-order valence-corrected chi connectivity index (χ2v) is 4.71. The summed E-state index contributed by atoms with van der Waals surface area (Å²) in [4.78, 5) is 16.2. The van der Waals surface area contributed by atoms with Crippen LogP contribution in [0.1, 0.15) is 24.3 Å². The fourth-order valence-electron chi connectivity index (χ4n) is 0.951. The number of carbonyl (C=O) groups is 1. The van der Waals surface area contributed by atoms with Crippen molar-refractivity contribution in [1.29, 1.82) is 0 Å². The largest absolute Gasteiger partial charge is 0.293 e. The van der Waals surface area contributed by atoms with Crippen LogP contribution in [0.5, 0.6) is 0 Å². The molecule has 0 saturated heterocycles. The summed E-state index contributed by atoms with van der Waals surface area (Å²) in [5.41, 5.74) is 0.565. The molecular weight excluding hydrogens is 250 g/mol. The third-order valence-corrected chi connectivity index (χ3v) is 2.80. The predicted molar refractivity (Wildman–Crippen MR) is 58.3 cm³/mol.